The molecule has 0 amide bonds. The number of nitrogens with zero attached hydrogens (tertiary/aromatic N) is 2. The van der Waals surface area contributed by atoms with E-state index in [9.17, 15) is 0 Å². The summed E-state index contributed by atoms with van der Waals surface area (Å²) in [7, 11) is 0. The molecule has 1 fully saturated rings. The molecule has 2 rings (SSSR count). The number of thiocarbonyl (C=S) groups is 1. The van der Waals surface area contributed by atoms with E-state index >= 15 is 0 Å². The summed E-state index contributed by atoms with van der Waals surface area (Å²) < 4.78 is 0.600. The van der Waals surface area contributed by atoms with Crippen molar-refractivity contribution in [2.75, 3.05) is 31.1 Å². The van der Waals surface area contributed by atoms with Crippen molar-refractivity contribution in [2.24, 2.45) is 0 Å². The molecule has 1 heterocycles. The molecular formula is C11H13N2NaS2. The fraction of sp³-hybridized carbons (Fsp3) is 0.364. The normalized spacial score (nSPS) is 15.5. The van der Waals surface area contributed by atoms with Crippen LogP contribution in [0.1, 0.15) is 0 Å². The van der Waals surface area contributed by atoms with Gasteiger partial charge < -0.3 is 34.6 Å². The fourth-order valence-electron chi connectivity index (χ4n) is 1.79. The van der Waals surface area contributed by atoms with E-state index in [1.54, 1.807) is 0 Å². The van der Waals surface area contributed by atoms with E-state index in [-0.39, 0.29) is 29.6 Å². The SMILES string of the molecule is S=C([S-])N1CCN(c2ccccc2)CC1.[Na+]. The summed E-state index contributed by atoms with van der Waals surface area (Å²) in [6, 6.07) is 10.5. The van der Waals surface area contributed by atoms with Gasteiger partial charge in [0.15, 0.2) is 0 Å². The number of anilines is 1. The minimum Gasteiger partial charge on any atom is -0.411 e. The van der Waals surface area contributed by atoms with Gasteiger partial charge in [0.05, 0.1) is 0 Å². The van der Waals surface area contributed by atoms with Crippen LogP contribution in [0.5, 0.6) is 0 Å². The summed E-state index contributed by atoms with van der Waals surface area (Å²) >= 11 is 9.99. The number of benzene rings is 1. The maximum Gasteiger partial charge on any atom is 1.00 e. The van der Waals surface area contributed by atoms with Crippen LogP contribution in [-0.2, 0) is 12.6 Å². The van der Waals surface area contributed by atoms with Crippen LogP contribution < -0.4 is 34.5 Å². The van der Waals surface area contributed by atoms with Gasteiger partial charge in [-0.05, 0) is 12.1 Å². The average Bonchev–Trinajstić information content (AvgIpc) is 2.30. The Morgan fingerprint density at radius 2 is 1.62 bits per heavy atom. The van der Waals surface area contributed by atoms with Crippen LogP contribution in [-0.4, -0.2) is 35.4 Å². The van der Waals surface area contributed by atoms with Crippen LogP contribution in [0.2, 0.25) is 0 Å². The summed E-state index contributed by atoms with van der Waals surface area (Å²) in [5.41, 5.74) is 1.28. The summed E-state index contributed by atoms with van der Waals surface area (Å²) in [6.45, 7) is 3.88. The van der Waals surface area contributed by atoms with E-state index in [4.69, 9.17) is 24.8 Å². The second-order valence-electron chi connectivity index (χ2n) is 3.58. The molecule has 1 aromatic rings. The van der Waals surface area contributed by atoms with Gasteiger partial charge in [0.25, 0.3) is 0 Å². The third kappa shape index (κ3) is 3.57. The Balaban J connectivity index is 0.00000128. The zero-order valence-corrected chi connectivity index (χ0v) is 13.1. The second-order valence-corrected chi connectivity index (χ2v) is 4.61. The van der Waals surface area contributed by atoms with Crippen LogP contribution >= 0.6 is 12.2 Å². The molecule has 0 spiro atoms. The van der Waals surface area contributed by atoms with E-state index in [1.165, 1.54) is 5.69 Å². The molecule has 1 aliphatic rings. The van der Waals surface area contributed by atoms with Crippen molar-refractivity contribution in [3.63, 3.8) is 0 Å². The Kier molecular flexibility index (Phi) is 6.00. The Morgan fingerprint density at radius 3 is 2.12 bits per heavy atom. The monoisotopic (exact) mass is 260 g/mol. The zero-order valence-electron chi connectivity index (χ0n) is 9.43. The Morgan fingerprint density at radius 1 is 1.06 bits per heavy atom. The van der Waals surface area contributed by atoms with Gasteiger partial charge in [0.2, 0.25) is 0 Å². The fourth-order valence-corrected chi connectivity index (χ4v) is 2.15. The van der Waals surface area contributed by atoms with Gasteiger partial charge in [-0.3, -0.25) is 0 Å². The topological polar surface area (TPSA) is 6.48 Å². The van der Waals surface area contributed by atoms with Gasteiger partial charge in [0, 0.05) is 31.9 Å². The maximum atomic E-state index is 4.99. The summed E-state index contributed by atoms with van der Waals surface area (Å²) in [5, 5.41) is 0. The van der Waals surface area contributed by atoms with Gasteiger partial charge in [-0.2, -0.15) is 0 Å². The van der Waals surface area contributed by atoms with Crippen LogP contribution in [0.3, 0.4) is 0 Å². The van der Waals surface area contributed by atoms with E-state index < -0.39 is 0 Å². The number of para-hydroxylation sites is 1. The Bertz CT molecular complexity index is 337. The van der Waals surface area contributed by atoms with Crippen molar-refractivity contribution >= 4 is 34.9 Å². The molecule has 0 N–H and O–H groups in total. The molecule has 1 saturated heterocycles. The average molecular weight is 260 g/mol. The van der Waals surface area contributed by atoms with Crippen molar-refractivity contribution in [3.05, 3.63) is 30.3 Å². The van der Waals surface area contributed by atoms with Crippen molar-refractivity contribution in [1.82, 2.24) is 4.90 Å². The van der Waals surface area contributed by atoms with E-state index in [0.717, 1.165) is 26.2 Å². The predicted octanol–water partition coefficient (Wildman–Crippen LogP) is -1.36. The minimum absolute atomic E-state index is 0. The largest absolute Gasteiger partial charge is 1.00 e. The number of hydrogen-bond acceptors (Lipinski definition) is 3. The molecule has 0 bridgehead atoms. The minimum atomic E-state index is 0. The van der Waals surface area contributed by atoms with E-state index in [2.05, 4.69) is 34.1 Å². The first-order chi connectivity index (χ1) is 7.27. The van der Waals surface area contributed by atoms with Gasteiger partial charge in [-0.25, -0.2) is 0 Å². The van der Waals surface area contributed by atoms with Gasteiger partial charge >= 0.3 is 29.6 Å². The first-order valence-electron chi connectivity index (χ1n) is 5.03. The molecule has 0 aromatic heterocycles. The summed E-state index contributed by atoms with van der Waals surface area (Å²) in [6.07, 6.45) is 0. The molecule has 2 nitrogen and oxygen atoms in total. The van der Waals surface area contributed by atoms with Crippen LogP contribution in [0.4, 0.5) is 5.69 Å². The zero-order chi connectivity index (χ0) is 10.7. The maximum absolute atomic E-state index is 4.99. The van der Waals surface area contributed by atoms with Gasteiger partial charge in [-0.15, -0.1) is 0 Å². The molecule has 16 heavy (non-hydrogen) atoms. The third-order valence-electron chi connectivity index (χ3n) is 2.66. The molecule has 1 aromatic carbocycles. The van der Waals surface area contributed by atoms with Gasteiger partial charge in [-0.1, -0.05) is 22.5 Å². The van der Waals surface area contributed by atoms with Crippen LogP contribution in [0, 0.1) is 0 Å². The smallest absolute Gasteiger partial charge is 0.411 e. The number of rotatable bonds is 1. The first-order valence-corrected chi connectivity index (χ1v) is 5.85. The molecule has 0 radical (unpaired) electrons. The molecular weight excluding hydrogens is 247 g/mol. The molecule has 0 saturated carbocycles. The van der Waals surface area contributed by atoms with E-state index in [0.29, 0.717) is 4.32 Å². The molecule has 80 valence electrons. The van der Waals surface area contributed by atoms with E-state index in [1.807, 2.05) is 6.07 Å². The molecule has 0 unspecified atom stereocenters. The summed E-state index contributed by atoms with van der Waals surface area (Å²) in [4.78, 5) is 4.45. The summed E-state index contributed by atoms with van der Waals surface area (Å²) in [5.74, 6) is 0. The molecule has 5 heteroatoms. The van der Waals surface area contributed by atoms with Crippen molar-refractivity contribution < 1.29 is 29.6 Å². The standard InChI is InChI=1S/C11H14N2S2.Na/c14-11(15)13-8-6-12(7-9-13)10-4-2-1-3-5-10;/h1-5H,6-9H2,(H,14,15);/q;+1/p-1. The van der Waals surface area contributed by atoms with Crippen molar-refractivity contribution in [2.45, 2.75) is 0 Å². The quantitative estimate of drug-likeness (QED) is 0.350. The Hall–Kier alpha value is 0.130. The number of piperazine rings is 1. The first kappa shape index (κ1) is 14.2. The second kappa shape index (κ2) is 6.77. The third-order valence-corrected chi connectivity index (χ3v) is 3.18. The Labute approximate surface area is 130 Å². The van der Waals surface area contributed by atoms with Crippen molar-refractivity contribution in [3.8, 4) is 0 Å². The van der Waals surface area contributed by atoms with Crippen molar-refractivity contribution in [1.29, 1.82) is 0 Å². The molecule has 0 atom stereocenters. The van der Waals surface area contributed by atoms with Crippen LogP contribution in [0.15, 0.2) is 30.3 Å². The van der Waals surface area contributed by atoms with Gasteiger partial charge in [0.1, 0.15) is 0 Å². The molecule has 1 aliphatic heterocycles. The predicted molar refractivity (Wildman–Crippen MR) is 70.2 cm³/mol. The van der Waals surface area contributed by atoms with Crippen LogP contribution in [0.25, 0.3) is 0 Å². The molecule has 0 aliphatic carbocycles. The number of hydrogen-bond donors (Lipinski definition) is 0.